The van der Waals surface area contributed by atoms with Crippen LogP contribution in [0.2, 0.25) is 0 Å². The summed E-state index contributed by atoms with van der Waals surface area (Å²) in [7, 11) is 0. The number of aliphatic hydroxyl groups is 1. The molecule has 1 aliphatic carbocycles. The molecular formula is C17H22BrNO2. The van der Waals surface area contributed by atoms with E-state index in [1.807, 2.05) is 29.2 Å². The Morgan fingerprint density at radius 2 is 2.05 bits per heavy atom. The maximum Gasteiger partial charge on any atom is 0.253 e. The number of nitrogens with zero attached hydrogens (tertiary/aromatic N) is 1. The topological polar surface area (TPSA) is 40.5 Å². The third kappa shape index (κ3) is 3.02. The van der Waals surface area contributed by atoms with Crippen molar-refractivity contribution in [1.82, 2.24) is 4.90 Å². The molecule has 1 heterocycles. The monoisotopic (exact) mass is 351 g/mol. The number of rotatable bonds is 2. The van der Waals surface area contributed by atoms with E-state index in [1.165, 1.54) is 12.0 Å². The number of hydrogen-bond donors (Lipinski definition) is 1. The Morgan fingerprint density at radius 1 is 1.29 bits per heavy atom. The molecule has 21 heavy (non-hydrogen) atoms. The van der Waals surface area contributed by atoms with Crippen LogP contribution >= 0.6 is 15.9 Å². The first-order valence-corrected chi connectivity index (χ1v) is 8.91. The quantitative estimate of drug-likeness (QED) is 0.830. The van der Waals surface area contributed by atoms with Gasteiger partial charge in [0.15, 0.2) is 0 Å². The van der Waals surface area contributed by atoms with Gasteiger partial charge in [0.05, 0.1) is 5.60 Å². The van der Waals surface area contributed by atoms with Crippen LogP contribution in [-0.2, 0) is 5.33 Å². The second-order valence-electron chi connectivity index (χ2n) is 6.38. The maximum atomic E-state index is 12.6. The van der Waals surface area contributed by atoms with Crippen LogP contribution in [0.3, 0.4) is 0 Å². The molecule has 0 radical (unpaired) electrons. The van der Waals surface area contributed by atoms with Crippen LogP contribution in [0.5, 0.6) is 0 Å². The molecule has 2 aliphatic rings. The fourth-order valence-electron chi connectivity index (χ4n) is 3.67. The number of likely N-dealkylation sites (tertiary alicyclic amines) is 1. The number of fused-ring (bicyclic) bond motifs is 1. The van der Waals surface area contributed by atoms with Crippen LogP contribution < -0.4 is 0 Å². The predicted molar refractivity (Wildman–Crippen MR) is 86.5 cm³/mol. The van der Waals surface area contributed by atoms with E-state index >= 15 is 0 Å². The molecule has 4 heteroatoms. The van der Waals surface area contributed by atoms with Crippen LogP contribution in [0.4, 0.5) is 0 Å². The second kappa shape index (κ2) is 6.09. The van der Waals surface area contributed by atoms with Crippen molar-refractivity contribution in [3.05, 3.63) is 35.4 Å². The minimum absolute atomic E-state index is 0.101. The standard InChI is InChI=1S/C17H22BrNO2/c18-11-13-4-6-14(7-5-13)16(20)19-10-9-17(21)8-2-1-3-15(17)12-19/h4-7,15,21H,1-3,8-12H2. The van der Waals surface area contributed by atoms with Gasteiger partial charge in [-0.2, -0.15) is 0 Å². The fraction of sp³-hybridized carbons (Fsp3) is 0.588. The number of alkyl halides is 1. The summed E-state index contributed by atoms with van der Waals surface area (Å²) in [6, 6.07) is 7.78. The second-order valence-corrected chi connectivity index (χ2v) is 6.94. The van der Waals surface area contributed by atoms with Crippen molar-refractivity contribution in [2.24, 2.45) is 5.92 Å². The molecule has 2 atom stereocenters. The van der Waals surface area contributed by atoms with Gasteiger partial charge in [-0.05, 0) is 37.0 Å². The van der Waals surface area contributed by atoms with Crippen molar-refractivity contribution < 1.29 is 9.90 Å². The van der Waals surface area contributed by atoms with Gasteiger partial charge in [-0.25, -0.2) is 0 Å². The third-order valence-corrected chi connectivity index (χ3v) is 5.72. The molecular weight excluding hydrogens is 330 g/mol. The van der Waals surface area contributed by atoms with Crippen molar-refractivity contribution in [3.8, 4) is 0 Å². The Kier molecular flexibility index (Phi) is 4.36. The molecule has 1 aromatic rings. The Morgan fingerprint density at radius 3 is 2.76 bits per heavy atom. The Labute approximate surface area is 134 Å². The van der Waals surface area contributed by atoms with Crippen LogP contribution in [0.1, 0.15) is 48.0 Å². The van der Waals surface area contributed by atoms with E-state index in [-0.39, 0.29) is 11.8 Å². The number of amides is 1. The van der Waals surface area contributed by atoms with E-state index < -0.39 is 5.60 Å². The highest BCUT2D eigenvalue weighted by atomic mass is 79.9. The maximum absolute atomic E-state index is 12.6. The average molecular weight is 352 g/mol. The van der Waals surface area contributed by atoms with Crippen molar-refractivity contribution in [2.45, 2.75) is 43.0 Å². The first kappa shape index (κ1) is 15.0. The van der Waals surface area contributed by atoms with E-state index in [4.69, 9.17) is 0 Å². The summed E-state index contributed by atoms with van der Waals surface area (Å²) < 4.78 is 0. The molecule has 0 bridgehead atoms. The third-order valence-electron chi connectivity index (χ3n) is 5.07. The molecule has 1 amide bonds. The normalized spacial score (nSPS) is 29.0. The number of hydrogen-bond acceptors (Lipinski definition) is 2. The zero-order valence-electron chi connectivity index (χ0n) is 12.2. The van der Waals surface area contributed by atoms with Gasteiger partial charge in [0.2, 0.25) is 0 Å². The van der Waals surface area contributed by atoms with Gasteiger partial charge in [0.1, 0.15) is 0 Å². The summed E-state index contributed by atoms with van der Waals surface area (Å²) in [6.07, 6.45) is 4.97. The first-order chi connectivity index (χ1) is 10.1. The highest BCUT2D eigenvalue weighted by molar-refractivity contribution is 9.08. The predicted octanol–water partition coefficient (Wildman–Crippen LogP) is 3.35. The zero-order chi connectivity index (χ0) is 14.9. The molecule has 2 unspecified atom stereocenters. The summed E-state index contributed by atoms with van der Waals surface area (Å²) in [5.74, 6) is 0.356. The fourth-order valence-corrected chi connectivity index (χ4v) is 4.05. The Hall–Kier alpha value is -0.870. The van der Waals surface area contributed by atoms with Gasteiger partial charge in [-0.3, -0.25) is 4.79 Å². The van der Waals surface area contributed by atoms with Crippen molar-refractivity contribution in [1.29, 1.82) is 0 Å². The smallest absolute Gasteiger partial charge is 0.253 e. The van der Waals surface area contributed by atoms with Gasteiger partial charge in [-0.15, -0.1) is 0 Å². The molecule has 1 aliphatic heterocycles. The number of carbonyl (C=O) groups is 1. The van der Waals surface area contributed by atoms with E-state index in [0.717, 1.165) is 36.6 Å². The summed E-state index contributed by atoms with van der Waals surface area (Å²) >= 11 is 3.42. The molecule has 2 fully saturated rings. The van der Waals surface area contributed by atoms with E-state index in [9.17, 15) is 9.90 Å². The van der Waals surface area contributed by atoms with Gasteiger partial charge in [-0.1, -0.05) is 40.9 Å². The highest BCUT2D eigenvalue weighted by Gasteiger charge is 2.43. The summed E-state index contributed by atoms with van der Waals surface area (Å²) in [5.41, 5.74) is 1.40. The lowest BCUT2D eigenvalue weighted by Crippen LogP contribution is -2.54. The highest BCUT2D eigenvalue weighted by Crippen LogP contribution is 2.40. The van der Waals surface area contributed by atoms with Crippen LogP contribution in [-0.4, -0.2) is 34.6 Å². The van der Waals surface area contributed by atoms with Crippen LogP contribution in [0, 0.1) is 5.92 Å². The summed E-state index contributed by atoms with van der Waals surface area (Å²) in [4.78, 5) is 14.5. The summed E-state index contributed by atoms with van der Waals surface area (Å²) in [6.45, 7) is 1.38. The molecule has 1 aromatic carbocycles. The molecule has 114 valence electrons. The van der Waals surface area contributed by atoms with Gasteiger partial charge in [0.25, 0.3) is 5.91 Å². The number of halogens is 1. The van der Waals surface area contributed by atoms with Crippen molar-refractivity contribution >= 4 is 21.8 Å². The summed E-state index contributed by atoms with van der Waals surface area (Å²) in [5, 5.41) is 11.5. The van der Waals surface area contributed by atoms with Crippen LogP contribution in [0.15, 0.2) is 24.3 Å². The molecule has 1 saturated carbocycles. The Bertz CT molecular complexity index is 516. The van der Waals surface area contributed by atoms with Gasteiger partial charge < -0.3 is 10.0 Å². The molecule has 0 aromatic heterocycles. The number of benzene rings is 1. The number of piperidine rings is 1. The molecule has 3 rings (SSSR count). The minimum atomic E-state index is -0.519. The lowest BCUT2D eigenvalue weighted by molar-refractivity contribution is -0.0886. The van der Waals surface area contributed by atoms with Crippen LogP contribution in [0.25, 0.3) is 0 Å². The molecule has 1 N–H and O–H groups in total. The largest absolute Gasteiger partial charge is 0.389 e. The minimum Gasteiger partial charge on any atom is -0.389 e. The van der Waals surface area contributed by atoms with E-state index in [1.54, 1.807) is 0 Å². The molecule has 3 nitrogen and oxygen atoms in total. The van der Waals surface area contributed by atoms with Crippen molar-refractivity contribution in [2.75, 3.05) is 13.1 Å². The number of carbonyl (C=O) groups excluding carboxylic acids is 1. The Balaban J connectivity index is 1.70. The SMILES string of the molecule is O=C(c1ccc(CBr)cc1)N1CCC2(O)CCCCC2C1. The van der Waals surface area contributed by atoms with Gasteiger partial charge in [0, 0.05) is 29.9 Å². The molecule has 0 spiro atoms. The molecule has 1 saturated heterocycles. The van der Waals surface area contributed by atoms with E-state index in [0.29, 0.717) is 13.1 Å². The van der Waals surface area contributed by atoms with E-state index in [2.05, 4.69) is 15.9 Å². The van der Waals surface area contributed by atoms with Gasteiger partial charge >= 0.3 is 0 Å². The average Bonchev–Trinajstić information content (AvgIpc) is 2.53. The first-order valence-electron chi connectivity index (χ1n) is 7.79. The zero-order valence-corrected chi connectivity index (χ0v) is 13.8. The lowest BCUT2D eigenvalue weighted by Gasteiger charge is -2.47. The lowest BCUT2D eigenvalue weighted by atomic mass is 9.71. The van der Waals surface area contributed by atoms with Crippen molar-refractivity contribution in [3.63, 3.8) is 0 Å².